The van der Waals surface area contributed by atoms with Gasteiger partial charge in [0.2, 0.25) is 5.95 Å². The van der Waals surface area contributed by atoms with E-state index >= 15 is 0 Å². The predicted molar refractivity (Wildman–Crippen MR) is 111 cm³/mol. The summed E-state index contributed by atoms with van der Waals surface area (Å²) in [5.41, 5.74) is 2.63. The average Bonchev–Trinajstić information content (AvgIpc) is 2.61. The number of nitrogens with zero attached hydrogens (tertiary/aromatic N) is 2. The Balaban J connectivity index is 1.98. The number of hydrogen-bond acceptors (Lipinski definition) is 4. The van der Waals surface area contributed by atoms with Crippen molar-refractivity contribution < 1.29 is 0 Å². The van der Waals surface area contributed by atoms with Gasteiger partial charge in [-0.1, -0.05) is 60.5 Å². The highest BCUT2D eigenvalue weighted by Gasteiger charge is 2.09. The summed E-state index contributed by atoms with van der Waals surface area (Å²) in [7, 11) is 0. The van der Waals surface area contributed by atoms with Gasteiger partial charge in [-0.2, -0.15) is 4.98 Å². The molecular weight excluding hydrogens is 367 g/mol. The van der Waals surface area contributed by atoms with Crippen LogP contribution in [-0.2, 0) is 0 Å². The minimum atomic E-state index is 0.273. The second-order valence-corrected chi connectivity index (χ2v) is 6.94. The van der Waals surface area contributed by atoms with Gasteiger partial charge in [-0.3, -0.25) is 0 Å². The van der Waals surface area contributed by atoms with Crippen molar-refractivity contribution in [1.82, 2.24) is 9.97 Å². The van der Waals surface area contributed by atoms with Gasteiger partial charge in [-0.25, -0.2) is 4.98 Å². The molecule has 1 aromatic heterocycles. The lowest BCUT2D eigenvalue weighted by atomic mass is 10.1. The molecule has 0 aliphatic rings. The zero-order valence-corrected chi connectivity index (χ0v) is 16.1. The smallest absolute Gasteiger partial charge is 0.225 e. The average molecular weight is 387 g/mol. The SMILES string of the molecule is CC[C@H](C)Nc1nc(Nc2cc(Cl)cc(Cl)c2)cc(-c2ccccc2)n1. The van der Waals surface area contributed by atoms with Crippen LogP contribution in [-0.4, -0.2) is 16.0 Å². The zero-order chi connectivity index (χ0) is 18.5. The van der Waals surface area contributed by atoms with Crippen molar-refractivity contribution in [2.75, 3.05) is 10.6 Å². The number of rotatable bonds is 6. The van der Waals surface area contributed by atoms with Gasteiger partial charge in [-0.15, -0.1) is 0 Å². The van der Waals surface area contributed by atoms with E-state index in [-0.39, 0.29) is 6.04 Å². The van der Waals surface area contributed by atoms with Crippen LogP contribution in [0.15, 0.2) is 54.6 Å². The summed E-state index contributed by atoms with van der Waals surface area (Å²) in [5.74, 6) is 1.25. The van der Waals surface area contributed by atoms with E-state index in [4.69, 9.17) is 23.2 Å². The topological polar surface area (TPSA) is 49.8 Å². The number of hydrogen-bond donors (Lipinski definition) is 2. The normalized spacial score (nSPS) is 11.8. The summed E-state index contributed by atoms with van der Waals surface area (Å²) < 4.78 is 0. The Morgan fingerprint density at radius 2 is 1.65 bits per heavy atom. The Labute approximate surface area is 163 Å². The van der Waals surface area contributed by atoms with Crippen LogP contribution >= 0.6 is 23.2 Å². The van der Waals surface area contributed by atoms with Crippen LogP contribution in [0.5, 0.6) is 0 Å². The fraction of sp³-hybridized carbons (Fsp3) is 0.200. The van der Waals surface area contributed by atoms with Crippen LogP contribution in [0.4, 0.5) is 17.5 Å². The van der Waals surface area contributed by atoms with Crippen molar-refractivity contribution in [3.05, 3.63) is 64.6 Å². The lowest BCUT2D eigenvalue weighted by Crippen LogP contribution is -2.16. The molecule has 6 heteroatoms. The largest absolute Gasteiger partial charge is 0.352 e. The molecule has 4 nitrogen and oxygen atoms in total. The highest BCUT2D eigenvalue weighted by molar-refractivity contribution is 6.35. The fourth-order valence-corrected chi connectivity index (χ4v) is 2.95. The summed E-state index contributed by atoms with van der Waals surface area (Å²) >= 11 is 12.2. The van der Waals surface area contributed by atoms with Crippen molar-refractivity contribution in [3.8, 4) is 11.3 Å². The molecule has 0 fully saturated rings. The third-order valence-corrected chi connectivity index (χ3v) is 4.35. The van der Waals surface area contributed by atoms with E-state index in [9.17, 15) is 0 Å². The molecular formula is C20H20Cl2N4. The molecule has 0 radical (unpaired) electrons. The van der Waals surface area contributed by atoms with Crippen LogP contribution in [0.1, 0.15) is 20.3 Å². The van der Waals surface area contributed by atoms with Gasteiger partial charge in [0.05, 0.1) is 5.69 Å². The quantitative estimate of drug-likeness (QED) is 0.514. The summed E-state index contributed by atoms with van der Waals surface area (Å²) in [4.78, 5) is 9.24. The van der Waals surface area contributed by atoms with Gasteiger partial charge in [0.15, 0.2) is 0 Å². The molecule has 3 rings (SSSR count). The maximum absolute atomic E-state index is 6.09. The van der Waals surface area contributed by atoms with E-state index in [1.54, 1.807) is 18.2 Å². The Bertz CT molecular complexity index is 864. The van der Waals surface area contributed by atoms with Crippen LogP contribution in [0.2, 0.25) is 10.0 Å². The molecule has 0 spiro atoms. The molecule has 0 amide bonds. The first kappa shape index (κ1) is 18.5. The van der Waals surface area contributed by atoms with Crippen LogP contribution in [0, 0.1) is 0 Å². The molecule has 0 bridgehead atoms. The fourth-order valence-electron chi connectivity index (χ4n) is 2.43. The van der Waals surface area contributed by atoms with Gasteiger partial charge in [-0.05, 0) is 31.5 Å². The van der Waals surface area contributed by atoms with Crippen molar-refractivity contribution in [2.45, 2.75) is 26.3 Å². The van der Waals surface area contributed by atoms with Crippen molar-refractivity contribution in [1.29, 1.82) is 0 Å². The molecule has 1 atom stereocenters. The zero-order valence-electron chi connectivity index (χ0n) is 14.6. The highest BCUT2D eigenvalue weighted by Crippen LogP contribution is 2.27. The monoisotopic (exact) mass is 386 g/mol. The lowest BCUT2D eigenvalue weighted by Gasteiger charge is -2.15. The molecule has 3 aromatic rings. The molecule has 0 saturated carbocycles. The summed E-state index contributed by atoms with van der Waals surface area (Å²) in [6.45, 7) is 4.22. The maximum atomic E-state index is 6.09. The molecule has 26 heavy (non-hydrogen) atoms. The molecule has 0 aliphatic carbocycles. The third-order valence-electron chi connectivity index (χ3n) is 3.92. The number of aromatic nitrogens is 2. The van der Waals surface area contributed by atoms with E-state index < -0.39 is 0 Å². The minimum Gasteiger partial charge on any atom is -0.352 e. The predicted octanol–water partition coefficient (Wildman–Crippen LogP) is 6.40. The molecule has 0 unspecified atom stereocenters. The first-order valence-corrected chi connectivity index (χ1v) is 9.23. The molecule has 1 heterocycles. The van der Waals surface area contributed by atoms with E-state index in [1.807, 2.05) is 36.4 Å². The minimum absolute atomic E-state index is 0.273. The Morgan fingerprint density at radius 3 is 2.31 bits per heavy atom. The second kappa shape index (κ2) is 8.39. The first-order chi connectivity index (χ1) is 12.5. The Hall–Kier alpha value is -2.30. The second-order valence-electron chi connectivity index (χ2n) is 6.06. The first-order valence-electron chi connectivity index (χ1n) is 8.47. The number of halogens is 2. The van der Waals surface area contributed by atoms with Gasteiger partial charge >= 0.3 is 0 Å². The van der Waals surface area contributed by atoms with Crippen molar-refractivity contribution in [3.63, 3.8) is 0 Å². The molecule has 0 aliphatic heterocycles. The summed E-state index contributed by atoms with van der Waals surface area (Å²) in [5, 5.41) is 7.73. The van der Waals surface area contributed by atoms with Crippen molar-refractivity contribution >= 4 is 40.7 Å². The van der Waals surface area contributed by atoms with Gasteiger partial charge in [0, 0.05) is 33.4 Å². The maximum Gasteiger partial charge on any atom is 0.225 e. The number of benzene rings is 2. The summed E-state index contributed by atoms with van der Waals surface area (Å²) in [6.07, 6.45) is 0.978. The van der Waals surface area contributed by atoms with Gasteiger partial charge in [0.1, 0.15) is 5.82 Å². The van der Waals surface area contributed by atoms with Crippen LogP contribution < -0.4 is 10.6 Å². The Morgan fingerprint density at radius 1 is 0.962 bits per heavy atom. The number of nitrogens with one attached hydrogen (secondary N) is 2. The molecule has 134 valence electrons. The lowest BCUT2D eigenvalue weighted by molar-refractivity contribution is 0.753. The number of anilines is 3. The highest BCUT2D eigenvalue weighted by atomic mass is 35.5. The molecule has 2 N–H and O–H groups in total. The van der Waals surface area contributed by atoms with E-state index in [0.717, 1.165) is 23.4 Å². The molecule has 2 aromatic carbocycles. The van der Waals surface area contributed by atoms with Crippen LogP contribution in [0.25, 0.3) is 11.3 Å². The molecule has 0 saturated heterocycles. The van der Waals surface area contributed by atoms with Crippen molar-refractivity contribution in [2.24, 2.45) is 0 Å². The standard InChI is InChI=1S/C20H20Cl2N4/c1-3-13(2)23-20-25-18(14-7-5-4-6-8-14)12-19(26-20)24-17-10-15(21)9-16(22)11-17/h4-13H,3H2,1-2H3,(H2,23,24,25,26)/t13-/m0/s1. The van der Waals surface area contributed by atoms with Gasteiger partial charge < -0.3 is 10.6 Å². The van der Waals surface area contributed by atoms with Crippen LogP contribution in [0.3, 0.4) is 0 Å². The van der Waals surface area contributed by atoms with E-state index in [2.05, 4.69) is 34.4 Å². The van der Waals surface area contributed by atoms with E-state index in [0.29, 0.717) is 21.8 Å². The van der Waals surface area contributed by atoms with E-state index in [1.165, 1.54) is 0 Å². The Kier molecular flexibility index (Phi) is 5.96. The summed E-state index contributed by atoms with van der Waals surface area (Å²) in [6, 6.07) is 17.5. The third kappa shape index (κ3) is 4.87. The van der Waals surface area contributed by atoms with Gasteiger partial charge in [0.25, 0.3) is 0 Å².